The Hall–Kier alpha value is -4.13. The SMILES string of the molecule is O=C(O)CCN(Cc1ccccc1)C(=O)[C@H]1CCCC[C@H]1NC(=O)OCC1c2ccccc2-c2ccccc21. The zero-order valence-corrected chi connectivity index (χ0v) is 21.9. The van der Waals surface area contributed by atoms with Gasteiger partial charge in [-0.1, -0.05) is 91.7 Å². The molecule has 1 saturated carbocycles. The zero-order chi connectivity index (χ0) is 27.2. The first-order valence-electron chi connectivity index (χ1n) is 13.7. The molecule has 0 bridgehead atoms. The molecule has 2 amide bonds. The van der Waals surface area contributed by atoms with Crippen LogP contribution in [0.3, 0.4) is 0 Å². The van der Waals surface area contributed by atoms with Crippen molar-refractivity contribution in [3.63, 3.8) is 0 Å². The molecule has 3 aromatic carbocycles. The van der Waals surface area contributed by atoms with Crippen molar-refractivity contribution in [2.45, 2.75) is 50.6 Å². The molecule has 0 heterocycles. The molecule has 202 valence electrons. The molecule has 2 N–H and O–H groups in total. The Kier molecular flexibility index (Phi) is 8.25. The molecule has 39 heavy (non-hydrogen) atoms. The summed E-state index contributed by atoms with van der Waals surface area (Å²) in [6.45, 7) is 0.669. The topological polar surface area (TPSA) is 95.9 Å². The van der Waals surface area contributed by atoms with Crippen LogP contribution in [0, 0.1) is 5.92 Å². The van der Waals surface area contributed by atoms with Crippen LogP contribution in [0.1, 0.15) is 54.7 Å². The van der Waals surface area contributed by atoms with Gasteiger partial charge in [0.1, 0.15) is 6.61 Å². The third kappa shape index (κ3) is 6.14. The predicted octanol–water partition coefficient (Wildman–Crippen LogP) is 5.59. The Morgan fingerprint density at radius 1 is 0.846 bits per heavy atom. The van der Waals surface area contributed by atoms with E-state index in [1.54, 1.807) is 4.90 Å². The van der Waals surface area contributed by atoms with Crippen molar-refractivity contribution in [3.05, 3.63) is 95.6 Å². The van der Waals surface area contributed by atoms with E-state index < -0.39 is 18.0 Å². The molecule has 5 rings (SSSR count). The first kappa shape index (κ1) is 26.5. The molecule has 2 aliphatic carbocycles. The number of fused-ring (bicyclic) bond motifs is 3. The highest BCUT2D eigenvalue weighted by Crippen LogP contribution is 2.44. The van der Waals surface area contributed by atoms with Crippen LogP contribution in [0.4, 0.5) is 4.79 Å². The highest BCUT2D eigenvalue weighted by atomic mass is 16.5. The summed E-state index contributed by atoms with van der Waals surface area (Å²) in [6.07, 6.45) is 2.46. The smallest absolute Gasteiger partial charge is 0.407 e. The summed E-state index contributed by atoms with van der Waals surface area (Å²) in [7, 11) is 0. The Balaban J connectivity index is 1.25. The summed E-state index contributed by atoms with van der Waals surface area (Å²) in [4.78, 5) is 39.6. The fraction of sp³-hybridized carbons (Fsp3) is 0.344. The molecule has 7 heteroatoms. The molecule has 0 unspecified atom stereocenters. The van der Waals surface area contributed by atoms with Crippen LogP contribution >= 0.6 is 0 Å². The van der Waals surface area contributed by atoms with Crippen molar-refractivity contribution in [1.82, 2.24) is 10.2 Å². The molecule has 2 atom stereocenters. The number of amides is 2. The van der Waals surface area contributed by atoms with Crippen LogP contribution in [0.25, 0.3) is 11.1 Å². The number of hydrogen-bond acceptors (Lipinski definition) is 4. The minimum Gasteiger partial charge on any atom is -0.481 e. The van der Waals surface area contributed by atoms with Gasteiger partial charge in [-0.2, -0.15) is 0 Å². The van der Waals surface area contributed by atoms with Gasteiger partial charge in [-0.3, -0.25) is 9.59 Å². The lowest BCUT2D eigenvalue weighted by Crippen LogP contribution is -2.50. The molecule has 7 nitrogen and oxygen atoms in total. The Morgan fingerprint density at radius 3 is 2.13 bits per heavy atom. The molecule has 0 aromatic heterocycles. The van der Waals surface area contributed by atoms with Crippen molar-refractivity contribution >= 4 is 18.0 Å². The predicted molar refractivity (Wildman–Crippen MR) is 148 cm³/mol. The molecule has 0 saturated heterocycles. The second kappa shape index (κ2) is 12.2. The fourth-order valence-corrected chi connectivity index (χ4v) is 5.93. The van der Waals surface area contributed by atoms with E-state index in [1.807, 2.05) is 54.6 Å². The quantitative estimate of drug-likeness (QED) is 0.379. The summed E-state index contributed by atoms with van der Waals surface area (Å²) in [5.74, 6) is -1.53. The first-order chi connectivity index (χ1) is 19.0. The van der Waals surface area contributed by atoms with Gasteiger partial charge in [0.05, 0.1) is 12.3 Å². The summed E-state index contributed by atoms with van der Waals surface area (Å²) >= 11 is 0. The van der Waals surface area contributed by atoms with Crippen molar-refractivity contribution in [2.24, 2.45) is 5.92 Å². The second-order valence-electron chi connectivity index (χ2n) is 10.4. The molecular weight excluding hydrogens is 492 g/mol. The van der Waals surface area contributed by atoms with E-state index in [0.717, 1.165) is 29.5 Å². The van der Waals surface area contributed by atoms with Crippen molar-refractivity contribution in [1.29, 1.82) is 0 Å². The maximum atomic E-state index is 13.7. The van der Waals surface area contributed by atoms with Crippen LogP contribution in [0.15, 0.2) is 78.9 Å². The number of nitrogens with one attached hydrogen (secondary N) is 1. The number of carboxylic acid groups (broad SMARTS) is 1. The summed E-state index contributed by atoms with van der Waals surface area (Å²) < 4.78 is 5.75. The van der Waals surface area contributed by atoms with Crippen LogP contribution < -0.4 is 5.32 Å². The number of alkyl carbamates (subject to hydrolysis) is 1. The van der Waals surface area contributed by atoms with Gasteiger partial charge in [-0.05, 0) is 40.7 Å². The number of hydrogen-bond donors (Lipinski definition) is 2. The van der Waals surface area contributed by atoms with Gasteiger partial charge < -0.3 is 20.1 Å². The standard InChI is InChI=1S/C32H34N2O5/c35-30(36)18-19-34(20-22-10-2-1-3-11-22)31(37)27-16-8-9-17-29(27)33-32(38)39-21-28-25-14-6-4-12-23(25)24-13-5-7-15-26(24)28/h1-7,10-15,27-29H,8-9,16-21H2,(H,33,38)(H,35,36)/t27-,29+/m0/s1. The lowest BCUT2D eigenvalue weighted by molar-refractivity contribution is -0.141. The van der Waals surface area contributed by atoms with E-state index >= 15 is 0 Å². The maximum Gasteiger partial charge on any atom is 0.407 e. The van der Waals surface area contributed by atoms with Crippen LogP contribution in [0.5, 0.6) is 0 Å². The van der Waals surface area contributed by atoms with Gasteiger partial charge in [-0.15, -0.1) is 0 Å². The normalized spacial score (nSPS) is 18.1. The molecular formula is C32H34N2O5. The number of ether oxygens (including phenoxy) is 1. The van der Waals surface area contributed by atoms with Crippen molar-refractivity contribution < 1.29 is 24.2 Å². The van der Waals surface area contributed by atoms with Gasteiger partial charge in [0.15, 0.2) is 0 Å². The molecule has 0 aliphatic heterocycles. The van der Waals surface area contributed by atoms with Crippen LogP contribution in [0.2, 0.25) is 0 Å². The third-order valence-corrected chi connectivity index (χ3v) is 7.85. The van der Waals surface area contributed by atoms with Crippen molar-refractivity contribution in [2.75, 3.05) is 13.2 Å². The minimum absolute atomic E-state index is 0.0377. The summed E-state index contributed by atoms with van der Waals surface area (Å²) in [5, 5.41) is 12.2. The summed E-state index contributed by atoms with van der Waals surface area (Å²) in [5.41, 5.74) is 5.56. The number of nitrogens with zero attached hydrogens (tertiary/aromatic N) is 1. The second-order valence-corrected chi connectivity index (χ2v) is 10.4. The average molecular weight is 527 g/mol. The number of carbonyl (C=O) groups is 3. The van der Waals surface area contributed by atoms with Gasteiger partial charge in [0, 0.05) is 25.0 Å². The van der Waals surface area contributed by atoms with Crippen LogP contribution in [-0.2, 0) is 20.9 Å². The molecule has 3 aromatic rings. The largest absolute Gasteiger partial charge is 0.481 e. The number of benzene rings is 3. The van der Waals surface area contributed by atoms with E-state index in [2.05, 4.69) is 29.6 Å². The van der Waals surface area contributed by atoms with Gasteiger partial charge >= 0.3 is 12.1 Å². The number of carboxylic acids is 1. The fourth-order valence-electron chi connectivity index (χ4n) is 5.93. The monoisotopic (exact) mass is 526 g/mol. The van der Waals surface area contributed by atoms with E-state index in [-0.39, 0.29) is 37.4 Å². The Bertz CT molecular complexity index is 1280. The molecule has 0 radical (unpaired) electrons. The van der Waals surface area contributed by atoms with E-state index in [4.69, 9.17) is 4.74 Å². The van der Waals surface area contributed by atoms with Gasteiger partial charge in [0.25, 0.3) is 0 Å². The highest BCUT2D eigenvalue weighted by molar-refractivity contribution is 5.82. The summed E-state index contributed by atoms with van der Waals surface area (Å²) in [6, 6.07) is 25.6. The molecule has 2 aliphatic rings. The molecule has 1 fully saturated rings. The van der Waals surface area contributed by atoms with E-state index in [9.17, 15) is 19.5 Å². The number of rotatable bonds is 9. The number of carbonyl (C=O) groups excluding carboxylic acids is 2. The Labute approximate surface area is 228 Å². The first-order valence-corrected chi connectivity index (χ1v) is 13.7. The van der Waals surface area contributed by atoms with Gasteiger partial charge in [0.2, 0.25) is 5.91 Å². The maximum absolute atomic E-state index is 13.7. The third-order valence-electron chi connectivity index (χ3n) is 7.85. The lowest BCUT2D eigenvalue weighted by atomic mass is 9.83. The van der Waals surface area contributed by atoms with Gasteiger partial charge in [-0.25, -0.2) is 4.79 Å². The van der Waals surface area contributed by atoms with Crippen molar-refractivity contribution in [3.8, 4) is 11.1 Å². The average Bonchev–Trinajstić information content (AvgIpc) is 3.28. The minimum atomic E-state index is -0.946. The number of aliphatic carboxylic acids is 1. The Morgan fingerprint density at radius 2 is 1.46 bits per heavy atom. The molecule has 0 spiro atoms. The van der Waals surface area contributed by atoms with Crippen LogP contribution in [-0.4, -0.2) is 47.2 Å². The zero-order valence-electron chi connectivity index (χ0n) is 21.9. The van der Waals surface area contributed by atoms with E-state index in [0.29, 0.717) is 19.4 Å². The lowest BCUT2D eigenvalue weighted by Gasteiger charge is -2.35. The highest BCUT2D eigenvalue weighted by Gasteiger charge is 2.36. The van der Waals surface area contributed by atoms with E-state index in [1.165, 1.54) is 11.1 Å².